The summed E-state index contributed by atoms with van der Waals surface area (Å²) in [7, 11) is 0.527. The minimum absolute atomic E-state index is 0.667. The number of hydrogen-bond acceptors (Lipinski definition) is 3. The summed E-state index contributed by atoms with van der Waals surface area (Å²) in [5.74, 6) is 0.667. The van der Waals surface area contributed by atoms with Gasteiger partial charge < -0.3 is 13.6 Å². The normalized spacial score (nSPS) is 13.6. The van der Waals surface area contributed by atoms with Crippen LogP contribution in [0.3, 0.4) is 0 Å². The van der Waals surface area contributed by atoms with Crippen LogP contribution in [0.5, 0.6) is 0 Å². The lowest BCUT2D eigenvalue weighted by Crippen LogP contribution is -1.99. The fourth-order valence-corrected chi connectivity index (χ4v) is 1.54. The molecule has 1 unspecified atom stereocenters. The highest BCUT2D eigenvalue weighted by Gasteiger charge is 2.09. The Kier molecular flexibility index (Phi) is 9.10. The van der Waals surface area contributed by atoms with Gasteiger partial charge in [-0.05, 0) is 18.8 Å². The fourth-order valence-electron chi connectivity index (χ4n) is 0.671. The molecule has 13 heavy (non-hydrogen) atoms. The van der Waals surface area contributed by atoms with E-state index in [0.29, 0.717) is 12.5 Å². The summed E-state index contributed by atoms with van der Waals surface area (Å²) in [4.78, 5) is 0. The quantitative estimate of drug-likeness (QED) is 0.572. The van der Waals surface area contributed by atoms with E-state index in [0.717, 1.165) is 19.4 Å². The van der Waals surface area contributed by atoms with Gasteiger partial charge in [-0.2, -0.15) is 0 Å². The Hall–Kier alpha value is 0.310. The van der Waals surface area contributed by atoms with Crippen molar-refractivity contribution < 1.29 is 13.6 Å². The van der Waals surface area contributed by atoms with Crippen molar-refractivity contribution >= 4 is 8.60 Å². The van der Waals surface area contributed by atoms with Crippen LogP contribution in [-0.2, 0) is 13.6 Å². The standard InChI is InChI=1S/C9H21O3P/c1-5-7-11-13(10-4)12-8-6-9(2)3/h9H,5-8H2,1-4H3. The summed E-state index contributed by atoms with van der Waals surface area (Å²) >= 11 is 0. The van der Waals surface area contributed by atoms with Crippen LogP contribution in [0, 0.1) is 5.92 Å². The van der Waals surface area contributed by atoms with Gasteiger partial charge in [-0.25, -0.2) is 0 Å². The highest BCUT2D eigenvalue weighted by Crippen LogP contribution is 2.38. The van der Waals surface area contributed by atoms with E-state index < -0.39 is 8.60 Å². The van der Waals surface area contributed by atoms with Gasteiger partial charge in [0.15, 0.2) is 0 Å². The van der Waals surface area contributed by atoms with Crippen LogP contribution in [-0.4, -0.2) is 20.3 Å². The van der Waals surface area contributed by atoms with Gasteiger partial charge in [-0.15, -0.1) is 0 Å². The van der Waals surface area contributed by atoms with Gasteiger partial charge in [0.25, 0.3) is 0 Å². The molecule has 0 fully saturated rings. The predicted octanol–water partition coefficient (Wildman–Crippen LogP) is 3.35. The molecule has 0 saturated heterocycles. The lowest BCUT2D eigenvalue weighted by Gasteiger charge is -2.14. The Morgan fingerprint density at radius 3 is 2.23 bits per heavy atom. The van der Waals surface area contributed by atoms with Gasteiger partial charge in [-0.3, -0.25) is 0 Å². The van der Waals surface area contributed by atoms with Gasteiger partial charge in [0.2, 0.25) is 0 Å². The van der Waals surface area contributed by atoms with Crippen LogP contribution in [0.1, 0.15) is 33.6 Å². The Morgan fingerprint density at radius 2 is 1.77 bits per heavy atom. The first-order chi connectivity index (χ1) is 6.20. The zero-order valence-electron chi connectivity index (χ0n) is 9.08. The highest BCUT2D eigenvalue weighted by molar-refractivity contribution is 7.41. The molecule has 0 amide bonds. The first-order valence-corrected chi connectivity index (χ1v) is 5.90. The van der Waals surface area contributed by atoms with Crippen LogP contribution >= 0.6 is 8.60 Å². The summed E-state index contributed by atoms with van der Waals surface area (Å²) in [5, 5.41) is 0. The second-order valence-electron chi connectivity index (χ2n) is 3.26. The largest absolute Gasteiger partial charge is 0.332 e. The van der Waals surface area contributed by atoms with Crippen molar-refractivity contribution in [2.24, 2.45) is 5.92 Å². The zero-order valence-corrected chi connectivity index (χ0v) is 9.97. The summed E-state index contributed by atoms with van der Waals surface area (Å²) < 4.78 is 15.8. The molecule has 0 aliphatic heterocycles. The Bertz CT molecular complexity index is 109. The average molecular weight is 208 g/mol. The molecular formula is C9H21O3P. The van der Waals surface area contributed by atoms with Crippen LogP contribution in [0.2, 0.25) is 0 Å². The molecule has 0 aliphatic carbocycles. The lowest BCUT2D eigenvalue weighted by atomic mass is 10.2. The summed E-state index contributed by atoms with van der Waals surface area (Å²) in [6, 6.07) is 0. The summed E-state index contributed by atoms with van der Waals surface area (Å²) in [5.41, 5.74) is 0. The maximum atomic E-state index is 5.42. The number of hydrogen-bond donors (Lipinski definition) is 0. The molecule has 0 aromatic rings. The summed E-state index contributed by atoms with van der Waals surface area (Å²) in [6.07, 6.45) is 2.05. The molecule has 0 heterocycles. The van der Waals surface area contributed by atoms with Crippen LogP contribution in [0.4, 0.5) is 0 Å². The molecule has 0 aromatic carbocycles. The van der Waals surface area contributed by atoms with Gasteiger partial charge in [-0.1, -0.05) is 20.8 Å². The third kappa shape index (κ3) is 8.63. The lowest BCUT2D eigenvalue weighted by molar-refractivity contribution is 0.174. The third-order valence-electron chi connectivity index (χ3n) is 1.44. The second kappa shape index (κ2) is 8.89. The Balaban J connectivity index is 3.36. The topological polar surface area (TPSA) is 27.7 Å². The van der Waals surface area contributed by atoms with Crippen LogP contribution in [0.25, 0.3) is 0 Å². The minimum Gasteiger partial charge on any atom is -0.316 e. The molecule has 0 spiro atoms. The first kappa shape index (κ1) is 13.3. The van der Waals surface area contributed by atoms with Gasteiger partial charge in [0.1, 0.15) is 0 Å². The molecule has 3 nitrogen and oxygen atoms in total. The molecule has 4 heteroatoms. The van der Waals surface area contributed by atoms with Crippen molar-refractivity contribution in [1.82, 2.24) is 0 Å². The van der Waals surface area contributed by atoms with E-state index in [-0.39, 0.29) is 0 Å². The molecule has 0 bridgehead atoms. The molecule has 0 radical (unpaired) electrons. The van der Waals surface area contributed by atoms with Crippen molar-refractivity contribution in [1.29, 1.82) is 0 Å². The molecule has 0 aliphatic rings. The zero-order chi connectivity index (χ0) is 10.1. The maximum Gasteiger partial charge on any atom is 0.332 e. The van der Waals surface area contributed by atoms with E-state index in [9.17, 15) is 0 Å². The Labute approximate surface area is 82.8 Å². The van der Waals surface area contributed by atoms with Gasteiger partial charge in [0.05, 0.1) is 13.2 Å². The number of rotatable bonds is 8. The van der Waals surface area contributed by atoms with Crippen molar-refractivity contribution in [3.8, 4) is 0 Å². The third-order valence-corrected chi connectivity index (χ3v) is 2.53. The van der Waals surface area contributed by atoms with E-state index in [2.05, 4.69) is 20.8 Å². The van der Waals surface area contributed by atoms with E-state index in [1.165, 1.54) is 0 Å². The van der Waals surface area contributed by atoms with Crippen molar-refractivity contribution in [2.75, 3.05) is 20.3 Å². The van der Waals surface area contributed by atoms with Crippen molar-refractivity contribution in [2.45, 2.75) is 33.6 Å². The van der Waals surface area contributed by atoms with Crippen LogP contribution < -0.4 is 0 Å². The molecule has 0 N–H and O–H groups in total. The first-order valence-electron chi connectivity index (χ1n) is 4.80. The van der Waals surface area contributed by atoms with E-state index >= 15 is 0 Å². The average Bonchev–Trinajstić information content (AvgIpc) is 2.10. The maximum absolute atomic E-state index is 5.42. The molecular weight excluding hydrogens is 187 g/mol. The smallest absolute Gasteiger partial charge is 0.316 e. The van der Waals surface area contributed by atoms with Crippen molar-refractivity contribution in [3.05, 3.63) is 0 Å². The van der Waals surface area contributed by atoms with Crippen molar-refractivity contribution in [3.63, 3.8) is 0 Å². The molecule has 0 rings (SSSR count). The monoisotopic (exact) mass is 208 g/mol. The second-order valence-corrected chi connectivity index (χ2v) is 4.58. The van der Waals surface area contributed by atoms with Gasteiger partial charge >= 0.3 is 8.60 Å². The molecule has 0 saturated carbocycles. The van der Waals surface area contributed by atoms with E-state index in [1.54, 1.807) is 7.11 Å². The highest BCUT2D eigenvalue weighted by atomic mass is 31.2. The van der Waals surface area contributed by atoms with Gasteiger partial charge in [0, 0.05) is 7.11 Å². The van der Waals surface area contributed by atoms with E-state index in [1.807, 2.05) is 0 Å². The summed E-state index contributed by atoms with van der Waals surface area (Å²) in [6.45, 7) is 7.84. The molecule has 1 atom stereocenters. The molecule has 0 aromatic heterocycles. The SMILES string of the molecule is CCCOP(OC)OCCC(C)C. The fraction of sp³-hybridized carbons (Fsp3) is 1.00. The Morgan fingerprint density at radius 1 is 1.15 bits per heavy atom. The minimum atomic E-state index is -1.09. The predicted molar refractivity (Wildman–Crippen MR) is 55.6 cm³/mol. The van der Waals surface area contributed by atoms with E-state index in [4.69, 9.17) is 13.6 Å². The molecule has 80 valence electrons. The van der Waals surface area contributed by atoms with Crippen LogP contribution in [0.15, 0.2) is 0 Å².